The van der Waals surface area contributed by atoms with Crippen molar-refractivity contribution in [1.29, 1.82) is 0 Å². The van der Waals surface area contributed by atoms with Gasteiger partial charge in [-0.2, -0.15) is 0 Å². The number of hydrogen-bond donors (Lipinski definition) is 1. The molecule has 0 fully saturated rings. The maximum absolute atomic E-state index is 8.59. The van der Waals surface area contributed by atoms with E-state index in [1.165, 1.54) is 19.3 Å². The molecule has 0 radical (unpaired) electrons. The minimum atomic E-state index is 0.356. The summed E-state index contributed by atoms with van der Waals surface area (Å²) in [5.74, 6) is 1.67. The van der Waals surface area contributed by atoms with Gasteiger partial charge in [0, 0.05) is 6.61 Å². The molecule has 0 aromatic heterocycles. The molecule has 0 aromatic rings. The molecule has 0 aliphatic heterocycles. The van der Waals surface area contributed by atoms with Crippen LogP contribution in [0.5, 0.6) is 0 Å². The van der Waals surface area contributed by atoms with Crippen molar-refractivity contribution in [3.05, 3.63) is 0 Å². The maximum atomic E-state index is 8.59. The zero-order valence-corrected chi connectivity index (χ0v) is 8.14. The number of aliphatic hydroxyl groups excluding tert-OH is 1. The fourth-order valence-corrected chi connectivity index (χ4v) is 1.53. The number of hydrogen-bond acceptors (Lipinski definition) is 1. The zero-order chi connectivity index (χ0) is 8.69. The topological polar surface area (TPSA) is 20.2 Å². The molecule has 0 saturated heterocycles. The van der Waals surface area contributed by atoms with E-state index in [-0.39, 0.29) is 0 Å². The Bertz CT molecular complexity index is 78.9. The van der Waals surface area contributed by atoms with Crippen LogP contribution in [-0.2, 0) is 0 Å². The van der Waals surface area contributed by atoms with Crippen LogP contribution in [0.3, 0.4) is 0 Å². The van der Waals surface area contributed by atoms with Gasteiger partial charge in [-0.1, -0.05) is 40.0 Å². The normalized spacial score (nSPS) is 13.9. The van der Waals surface area contributed by atoms with Crippen LogP contribution >= 0.6 is 0 Å². The zero-order valence-electron chi connectivity index (χ0n) is 8.14. The Morgan fingerprint density at radius 1 is 1.18 bits per heavy atom. The summed E-state index contributed by atoms with van der Waals surface area (Å²) in [4.78, 5) is 0. The highest BCUT2D eigenvalue weighted by molar-refractivity contribution is 4.60. The average Bonchev–Trinajstić information content (AvgIpc) is 1.97. The van der Waals surface area contributed by atoms with Gasteiger partial charge in [-0.15, -0.1) is 0 Å². The molecule has 68 valence electrons. The number of rotatable bonds is 6. The van der Waals surface area contributed by atoms with Gasteiger partial charge in [0.1, 0.15) is 0 Å². The Morgan fingerprint density at radius 2 is 1.82 bits per heavy atom. The molecule has 11 heavy (non-hydrogen) atoms. The van der Waals surface area contributed by atoms with E-state index in [2.05, 4.69) is 20.8 Å². The van der Waals surface area contributed by atoms with E-state index in [9.17, 15) is 0 Å². The summed E-state index contributed by atoms with van der Waals surface area (Å²) < 4.78 is 0. The molecule has 1 atom stereocenters. The fraction of sp³-hybridized carbons (Fsp3) is 1.00. The molecular weight excluding hydrogens is 136 g/mol. The highest BCUT2D eigenvalue weighted by atomic mass is 16.2. The minimum absolute atomic E-state index is 0.356. The highest BCUT2D eigenvalue weighted by Gasteiger charge is 2.09. The first-order chi connectivity index (χ1) is 5.22. The molecule has 1 unspecified atom stereocenters. The molecule has 0 aliphatic carbocycles. The average molecular weight is 158 g/mol. The van der Waals surface area contributed by atoms with Crippen LogP contribution in [0, 0.1) is 11.8 Å². The maximum Gasteiger partial charge on any atom is 0.0431 e. The molecule has 1 N–H and O–H groups in total. The second-order valence-corrected chi connectivity index (χ2v) is 3.63. The van der Waals surface area contributed by atoms with E-state index in [0.717, 1.165) is 18.3 Å². The molecule has 0 heterocycles. The van der Waals surface area contributed by atoms with Crippen molar-refractivity contribution in [3.8, 4) is 0 Å². The lowest BCUT2D eigenvalue weighted by atomic mass is 9.88. The van der Waals surface area contributed by atoms with Crippen molar-refractivity contribution in [2.75, 3.05) is 6.61 Å². The summed E-state index contributed by atoms with van der Waals surface area (Å²) in [5, 5.41) is 8.59. The van der Waals surface area contributed by atoms with Gasteiger partial charge in [-0.3, -0.25) is 0 Å². The first kappa shape index (κ1) is 11.0. The van der Waals surface area contributed by atoms with Crippen LogP contribution in [0.1, 0.15) is 46.5 Å². The standard InChI is InChI=1S/C10H22O/c1-4-10(9(2)3)7-5-6-8-11/h9-11H,4-8H2,1-3H3. The lowest BCUT2D eigenvalue weighted by molar-refractivity contribution is 0.267. The molecule has 0 bridgehead atoms. The van der Waals surface area contributed by atoms with Crippen molar-refractivity contribution < 1.29 is 5.11 Å². The lowest BCUT2D eigenvalue weighted by Crippen LogP contribution is -2.07. The molecule has 1 nitrogen and oxygen atoms in total. The van der Waals surface area contributed by atoms with Crippen molar-refractivity contribution in [2.24, 2.45) is 11.8 Å². The van der Waals surface area contributed by atoms with Gasteiger partial charge in [0.25, 0.3) is 0 Å². The SMILES string of the molecule is CCC(CCCCO)C(C)C. The van der Waals surface area contributed by atoms with Gasteiger partial charge in [0.15, 0.2) is 0 Å². The summed E-state index contributed by atoms with van der Waals surface area (Å²) in [5.41, 5.74) is 0. The Morgan fingerprint density at radius 3 is 2.18 bits per heavy atom. The third-order valence-corrected chi connectivity index (χ3v) is 2.45. The first-order valence-corrected chi connectivity index (χ1v) is 4.83. The van der Waals surface area contributed by atoms with E-state index in [4.69, 9.17) is 5.11 Å². The van der Waals surface area contributed by atoms with Gasteiger partial charge in [0.05, 0.1) is 0 Å². The third kappa shape index (κ3) is 5.25. The monoisotopic (exact) mass is 158 g/mol. The van der Waals surface area contributed by atoms with E-state index in [1.807, 2.05) is 0 Å². The number of aliphatic hydroxyl groups is 1. The Hall–Kier alpha value is -0.0400. The van der Waals surface area contributed by atoms with Gasteiger partial charge in [-0.05, 0) is 18.3 Å². The smallest absolute Gasteiger partial charge is 0.0431 e. The van der Waals surface area contributed by atoms with Crippen molar-refractivity contribution >= 4 is 0 Å². The first-order valence-electron chi connectivity index (χ1n) is 4.83. The minimum Gasteiger partial charge on any atom is -0.396 e. The van der Waals surface area contributed by atoms with E-state index >= 15 is 0 Å². The highest BCUT2D eigenvalue weighted by Crippen LogP contribution is 2.20. The van der Waals surface area contributed by atoms with E-state index in [0.29, 0.717) is 6.61 Å². The largest absolute Gasteiger partial charge is 0.396 e. The molecule has 0 rings (SSSR count). The van der Waals surface area contributed by atoms with Gasteiger partial charge < -0.3 is 5.11 Å². The van der Waals surface area contributed by atoms with Crippen LogP contribution in [-0.4, -0.2) is 11.7 Å². The van der Waals surface area contributed by atoms with Crippen molar-refractivity contribution in [2.45, 2.75) is 46.5 Å². The van der Waals surface area contributed by atoms with Crippen LogP contribution in [0.25, 0.3) is 0 Å². The van der Waals surface area contributed by atoms with Gasteiger partial charge in [0.2, 0.25) is 0 Å². The molecule has 0 aliphatic rings. The van der Waals surface area contributed by atoms with Crippen LogP contribution in [0.2, 0.25) is 0 Å². The van der Waals surface area contributed by atoms with E-state index < -0.39 is 0 Å². The van der Waals surface area contributed by atoms with Gasteiger partial charge in [-0.25, -0.2) is 0 Å². The Balaban J connectivity index is 3.36. The van der Waals surface area contributed by atoms with E-state index in [1.54, 1.807) is 0 Å². The molecule has 0 saturated carbocycles. The van der Waals surface area contributed by atoms with Crippen LogP contribution in [0.4, 0.5) is 0 Å². The third-order valence-electron chi connectivity index (χ3n) is 2.45. The second kappa shape index (κ2) is 6.66. The summed E-state index contributed by atoms with van der Waals surface area (Å²) >= 11 is 0. The second-order valence-electron chi connectivity index (χ2n) is 3.63. The molecule has 0 spiro atoms. The van der Waals surface area contributed by atoms with Crippen molar-refractivity contribution in [1.82, 2.24) is 0 Å². The predicted octanol–water partition coefficient (Wildman–Crippen LogP) is 2.83. The molecule has 1 heteroatoms. The summed E-state index contributed by atoms with van der Waals surface area (Å²) in [6, 6.07) is 0. The fourth-order valence-electron chi connectivity index (χ4n) is 1.53. The van der Waals surface area contributed by atoms with Crippen LogP contribution in [0.15, 0.2) is 0 Å². The number of unbranched alkanes of at least 4 members (excludes halogenated alkanes) is 1. The summed E-state index contributed by atoms with van der Waals surface area (Å²) in [7, 11) is 0. The Kier molecular flexibility index (Phi) is 6.63. The quantitative estimate of drug-likeness (QED) is 0.589. The molecular formula is C10H22O. The van der Waals surface area contributed by atoms with Crippen LogP contribution < -0.4 is 0 Å². The molecule has 0 aromatic carbocycles. The van der Waals surface area contributed by atoms with Gasteiger partial charge >= 0.3 is 0 Å². The lowest BCUT2D eigenvalue weighted by Gasteiger charge is -2.18. The Labute approximate surface area is 70.8 Å². The van der Waals surface area contributed by atoms with Crippen molar-refractivity contribution in [3.63, 3.8) is 0 Å². The summed E-state index contributed by atoms with van der Waals surface area (Å²) in [6.45, 7) is 7.18. The predicted molar refractivity (Wildman–Crippen MR) is 49.6 cm³/mol. The summed E-state index contributed by atoms with van der Waals surface area (Å²) in [6.07, 6.45) is 4.73. The molecule has 0 amide bonds.